The molecule has 0 radical (unpaired) electrons. The molecule has 1 aliphatic heterocycles. The fourth-order valence-electron chi connectivity index (χ4n) is 1.68. The monoisotopic (exact) mass is 267 g/mol. The highest BCUT2D eigenvalue weighted by atomic mass is 35.5. The molecular formula is C12H14ClN3O2. The van der Waals surface area contributed by atoms with Gasteiger partial charge in [0, 0.05) is 11.6 Å². The number of hydrazone groups is 1. The van der Waals surface area contributed by atoms with E-state index in [1.165, 1.54) is 0 Å². The first-order valence-corrected chi connectivity index (χ1v) is 6.03. The van der Waals surface area contributed by atoms with Crippen LogP contribution in [0, 0.1) is 0 Å². The molecule has 5 nitrogen and oxygen atoms in total. The molecule has 1 amide bonds. The molecule has 2 N–H and O–H groups in total. The van der Waals surface area contributed by atoms with Gasteiger partial charge in [-0.15, -0.1) is 0 Å². The van der Waals surface area contributed by atoms with E-state index in [0.717, 1.165) is 6.42 Å². The summed E-state index contributed by atoms with van der Waals surface area (Å²) >= 11 is 5.90. The van der Waals surface area contributed by atoms with Crippen molar-refractivity contribution in [3.63, 3.8) is 0 Å². The van der Waals surface area contributed by atoms with Gasteiger partial charge in [-0.05, 0) is 31.0 Å². The van der Waals surface area contributed by atoms with Crippen molar-refractivity contribution in [3.8, 4) is 5.75 Å². The van der Waals surface area contributed by atoms with Crippen LogP contribution in [0.1, 0.15) is 12.8 Å². The number of carbonyl (C=O) groups excluding carboxylic acids is 1. The van der Waals surface area contributed by atoms with Gasteiger partial charge in [0.2, 0.25) is 0 Å². The molecule has 96 valence electrons. The normalized spacial score (nSPS) is 17.4. The first kappa shape index (κ1) is 12.7. The van der Waals surface area contributed by atoms with E-state index in [2.05, 4.69) is 15.8 Å². The topological polar surface area (TPSA) is 62.7 Å². The van der Waals surface area contributed by atoms with Gasteiger partial charge in [-0.3, -0.25) is 10.2 Å². The van der Waals surface area contributed by atoms with Gasteiger partial charge in [-0.1, -0.05) is 11.6 Å². The maximum atomic E-state index is 11.5. The average Bonchev–Trinajstić information content (AvgIpc) is 2.38. The molecule has 0 unspecified atom stereocenters. The summed E-state index contributed by atoms with van der Waals surface area (Å²) in [5.74, 6) is 0.495. The second-order valence-electron chi connectivity index (χ2n) is 3.87. The molecule has 0 spiro atoms. The Morgan fingerprint density at radius 2 is 2.33 bits per heavy atom. The molecule has 0 aliphatic carbocycles. The van der Waals surface area contributed by atoms with Gasteiger partial charge < -0.3 is 10.1 Å². The van der Waals surface area contributed by atoms with Gasteiger partial charge in [0.1, 0.15) is 11.5 Å². The van der Waals surface area contributed by atoms with Gasteiger partial charge in [0.05, 0.1) is 12.8 Å². The van der Waals surface area contributed by atoms with Crippen molar-refractivity contribution < 1.29 is 9.53 Å². The number of nitrogens with zero attached hydrogens (tertiary/aromatic N) is 1. The van der Waals surface area contributed by atoms with Crippen LogP contribution in [-0.2, 0) is 4.79 Å². The largest absolute Gasteiger partial charge is 0.495 e. The Balaban J connectivity index is 2.16. The molecule has 1 fully saturated rings. The molecule has 0 atom stereocenters. The third-order valence-corrected chi connectivity index (χ3v) is 2.85. The number of carbonyl (C=O) groups is 1. The quantitative estimate of drug-likeness (QED) is 0.824. The molecule has 6 heteroatoms. The zero-order chi connectivity index (χ0) is 13.0. The summed E-state index contributed by atoms with van der Waals surface area (Å²) in [4.78, 5) is 11.5. The smallest absolute Gasteiger partial charge is 0.267 e. The molecule has 1 aliphatic rings. The van der Waals surface area contributed by atoms with Crippen LogP contribution in [-0.4, -0.2) is 25.3 Å². The third kappa shape index (κ3) is 2.92. The van der Waals surface area contributed by atoms with Gasteiger partial charge in [0.25, 0.3) is 5.91 Å². The van der Waals surface area contributed by atoms with Crippen LogP contribution < -0.4 is 15.5 Å². The first-order chi connectivity index (χ1) is 8.70. The Hall–Kier alpha value is -1.75. The molecule has 1 aromatic carbocycles. The summed E-state index contributed by atoms with van der Waals surface area (Å²) in [6, 6.07) is 5.17. The van der Waals surface area contributed by atoms with Crippen LogP contribution >= 0.6 is 11.6 Å². The Kier molecular flexibility index (Phi) is 4.04. The van der Waals surface area contributed by atoms with Crippen LogP contribution in [0.3, 0.4) is 0 Å². The lowest BCUT2D eigenvalue weighted by molar-refractivity contribution is -0.115. The number of methoxy groups -OCH3 is 1. The van der Waals surface area contributed by atoms with E-state index in [0.29, 0.717) is 35.1 Å². The predicted molar refractivity (Wildman–Crippen MR) is 71.3 cm³/mol. The maximum absolute atomic E-state index is 11.5. The second-order valence-corrected chi connectivity index (χ2v) is 4.31. The van der Waals surface area contributed by atoms with Crippen LogP contribution in [0.4, 0.5) is 5.69 Å². The van der Waals surface area contributed by atoms with Crippen molar-refractivity contribution in [2.45, 2.75) is 12.8 Å². The average molecular weight is 268 g/mol. The maximum Gasteiger partial charge on any atom is 0.267 e. The molecule has 2 rings (SSSR count). The van der Waals surface area contributed by atoms with E-state index >= 15 is 0 Å². The number of hydrogen-bond donors (Lipinski definition) is 2. The Bertz CT molecular complexity index is 488. The summed E-state index contributed by atoms with van der Waals surface area (Å²) in [5.41, 5.74) is 3.95. The van der Waals surface area contributed by atoms with Crippen molar-refractivity contribution in [1.82, 2.24) is 5.32 Å². The summed E-state index contributed by atoms with van der Waals surface area (Å²) in [6.07, 6.45) is 1.57. The number of ether oxygens (including phenoxy) is 1. The number of nitrogens with one attached hydrogen (secondary N) is 2. The molecule has 1 heterocycles. The second kappa shape index (κ2) is 5.73. The van der Waals surface area contributed by atoms with Crippen LogP contribution in [0.2, 0.25) is 5.02 Å². The van der Waals surface area contributed by atoms with Crippen LogP contribution in [0.25, 0.3) is 0 Å². The van der Waals surface area contributed by atoms with Crippen LogP contribution in [0.15, 0.2) is 23.3 Å². The van der Waals surface area contributed by atoms with Crippen molar-refractivity contribution in [2.75, 3.05) is 19.1 Å². The Labute approximate surface area is 110 Å². The summed E-state index contributed by atoms with van der Waals surface area (Å²) < 4.78 is 5.18. The SMILES string of the molecule is COc1ccc(Cl)cc1NN=C1CCCNC1=O. The number of hydrogen-bond acceptors (Lipinski definition) is 4. The van der Waals surface area contributed by atoms with Crippen LogP contribution in [0.5, 0.6) is 5.75 Å². The molecule has 18 heavy (non-hydrogen) atoms. The summed E-state index contributed by atoms with van der Waals surface area (Å²) in [7, 11) is 1.56. The highest BCUT2D eigenvalue weighted by Crippen LogP contribution is 2.27. The lowest BCUT2D eigenvalue weighted by atomic mass is 10.1. The molecular weight excluding hydrogens is 254 g/mol. The van der Waals surface area contributed by atoms with E-state index in [9.17, 15) is 4.79 Å². The fraction of sp³-hybridized carbons (Fsp3) is 0.333. The van der Waals surface area contributed by atoms with Crippen molar-refractivity contribution in [1.29, 1.82) is 0 Å². The lowest BCUT2D eigenvalue weighted by Gasteiger charge is -2.14. The Morgan fingerprint density at radius 1 is 1.50 bits per heavy atom. The highest BCUT2D eigenvalue weighted by molar-refractivity contribution is 6.39. The van der Waals surface area contributed by atoms with Crippen molar-refractivity contribution in [2.24, 2.45) is 5.10 Å². The molecule has 0 saturated carbocycles. The minimum Gasteiger partial charge on any atom is -0.495 e. The van der Waals surface area contributed by atoms with E-state index in [-0.39, 0.29) is 5.91 Å². The fourth-order valence-corrected chi connectivity index (χ4v) is 1.85. The van der Waals surface area contributed by atoms with Crippen molar-refractivity contribution >= 4 is 28.9 Å². The predicted octanol–water partition coefficient (Wildman–Crippen LogP) is 2.03. The Morgan fingerprint density at radius 3 is 3.06 bits per heavy atom. The van der Waals surface area contributed by atoms with Gasteiger partial charge in [-0.2, -0.15) is 5.10 Å². The minimum atomic E-state index is -0.130. The third-order valence-electron chi connectivity index (χ3n) is 2.61. The number of benzene rings is 1. The van der Waals surface area contributed by atoms with Gasteiger partial charge in [0.15, 0.2) is 0 Å². The van der Waals surface area contributed by atoms with E-state index < -0.39 is 0 Å². The van der Waals surface area contributed by atoms with E-state index in [4.69, 9.17) is 16.3 Å². The van der Waals surface area contributed by atoms with E-state index in [1.807, 2.05) is 0 Å². The molecule has 1 saturated heterocycles. The zero-order valence-corrected chi connectivity index (χ0v) is 10.8. The lowest BCUT2D eigenvalue weighted by Crippen LogP contribution is -2.37. The standard InChI is InChI=1S/C12H14ClN3O2/c1-18-11-5-4-8(13)7-10(11)16-15-9-3-2-6-14-12(9)17/h4-5,7,16H,2-3,6H2,1H3,(H,14,17). The zero-order valence-electron chi connectivity index (χ0n) is 10.00. The highest BCUT2D eigenvalue weighted by Gasteiger charge is 2.16. The number of piperidine rings is 1. The summed E-state index contributed by atoms with van der Waals surface area (Å²) in [5, 5.41) is 7.42. The number of rotatable bonds is 3. The number of anilines is 1. The van der Waals surface area contributed by atoms with Crippen molar-refractivity contribution in [3.05, 3.63) is 23.2 Å². The van der Waals surface area contributed by atoms with Gasteiger partial charge >= 0.3 is 0 Å². The molecule has 0 bridgehead atoms. The molecule has 1 aromatic rings. The summed E-state index contributed by atoms with van der Waals surface area (Å²) in [6.45, 7) is 0.707. The van der Waals surface area contributed by atoms with E-state index in [1.54, 1.807) is 25.3 Å². The van der Waals surface area contributed by atoms with Gasteiger partial charge in [-0.25, -0.2) is 0 Å². The minimum absolute atomic E-state index is 0.130. The molecule has 0 aromatic heterocycles. The number of halogens is 1. The first-order valence-electron chi connectivity index (χ1n) is 5.65. The number of amides is 1.